The van der Waals surface area contributed by atoms with E-state index in [-0.39, 0.29) is 0 Å². The summed E-state index contributed by atoms with van der Waals surface area (Å²) in [5.41, 5.74) is 0. The average molecular weight is 287 g/mol. The molecule has 1 heterocycles. The SMILES string of the molecule is CCCCCCCC1OC1CO[Si](C)(C)C(C)(C)C. The molecule has 0 saturated carbocycles. The Morgan fingerprint density at radius 2 is 1.63 bits per heavy atom. The molecule has 0 aliphatic carbocycles. The molecule has 1 fully saturated rings. The van der Waals surface area contributed by atoms with Gasteiger partial charge >= 0.3 is 0 Å². The zero-order valence-electron chi connectivity index (χ0n) is 13.9. The van der Waals surface area contributed by atoms with Crippen molar-refractivity contribution in [1.82, 2.24) is 0 Å². The fourth-order valence-electron chi connectivity index (χ4n) is 2.04. The second kappa shape index (κ2) is 7.23. The third-order valence-electron chi connectivity index (χ3n) is 4.69. The van der Waals surface area contributed by atoms with E-state index in [1.807, 2.05) is 0 Å². The fourth-order valence-corrected chi connectivity index (χ4v) is 3.05. The smallest absolute Gasteiger partial charge is 0.192 e. The molecule has 0 radical (unpaired) electrons. The summed E-state index contributed by atoms with van der Waals surface area (Å²) in [5.74, 6) is 0. The number of rotatable bonds is 9. The summed E-state index contributed by atoms with van der Waals surface area (Å²) in [4.78, 5) is 0. The molecule has 1 rings (SSSR count). The third-order valence-corrected chi connectivity index (χ3v) is 9.20. The van der Waals surface area contributed by atoms with Crippen LogP contribution in [0.15, 0.2) is 0 Å². The second-order valence-corrected chi connectivity index (χ2v) is 12.3. The highest BCUT2D eigenvalue weighted by atomic mass is 28.4. The molecule has 0 spiro atoms. The summed E-state index contributed by atoms with van der Waals surface area (Å²) in [7, 11) is -1.59. The number of hydrogen-bond acceptors (Lipinski definition) is 2. The number of ether oxygens (including phenoxy) is 1. The van der Waals surface area contributed by atoms with Crippen LogP contribution < -0.4 is 0 Å². The molecule has 1 saturated heterocycles. The highest BCUT2D eigenvalue weighted by molar-refractivity contribution is 6.74. The van der Waals surface area contributed by atoms with Gasteiger partial charge in [-0.3, -0.25) is 0 Å². The highest BCUT2D eigenvalue weighted by Crippen LogP contribution is 2.38. The van der Waals surface area contributed by atoms with Crippen molar-refractivity contribution in [2.24, 2.45) is 0 Å². The molecule has 114 valence electrons. The molecule has 1 aliphatic heterocycles. The van der Waals surface area contributed by atoms with Crippen molar-refractivity contribution >= 4 is 8.32 Å². The van der Waals surface area contributed by atoms with Gasteiger partial charge in [0.2, 0.25) is 0 Å². The summed E-state index contributed by atoms with van der Waals surface area (Å²) in [6, 6.07) is 0. The zero-order chi connectivity index (χ0) is 14.5. The largest absolute Gasteiger partial charge is 0.414 e. The van der Waals surface area contributed by atoms with Gasteiger partial charge in [-0.05, 0) is 24.6 Å². The molecular formula is C16H34O2Si. The van der Waals surface area contributed by atoms with Crippen LogP contribution in [-0.4, -0.2) is 27.1 Å². The lowest BCUT2D eigenvalue weighted by atomic mass is 10.1. The molecule has 2 nitrogen and oxygen atoms in total. The standard InChI is InChI=1S/C16H34O2Si/c1-7-8-9-10-11-12-14-15(18-14)13-17-19(5,6)16(2,3)4/h14-15H,7-13H2,1-6H3. The van der Waals surface area contributed by atoms with E-state index in [2.05, 4.69) is 40.8 Å². The first-order chi connectivity index (χ1) is 8.78. The minimum Gasteiger partial charge on any atom is -0.414 e. The average Bonchev–Trinajstić information content (AvgIpc) is 3.04. The van der Waals surface area contributed by atoms with Gasteiger partial charge in [0.05, 0.1) is 12.7 Å². The van der Waals surface area contributed by atoms with Crippen LogP contribution in [-0.2, 0) is 9.16 Å². The second-order valence-electron chi connectivity index (χ2n) is 7.49. The maximum Gasteiger partial charge on any atom is 0.192 e. The van der Waals surface area contributed by atoms with Gasteiger partial charge in [0, 0.05) is 0 Å². The Morgan fingerprint density at radius 3 is 2.21 bits per heavy atom. The number of unbranched alkanes of at least 4 members (excludes halogenated alkanes) is 4. The molecule has 2 atom stereocenters. The van der Waals surface area contributed by atoms with Crippen molar-refractivity contribution in [2.45, 2.75) is 96.6 Å². The van der Waals surface area contributed by atoms with Crippen LogP contribution in [0.25, 0.3) is 0 Å². The molecule has 2 unspecified atom stereocenters. The Balaban J connectivity index is 2.08. The first-order valence-electron chi connectivity index (χ1n) is 8.07. The summed E-state index contributed by atoms with van der Waals surface area (Å²) >= 11 is 0. The van der Waals surface area contributed by atoms with Crippen LogP contribution in [0.3, 0.4) is 0 Å². The van der Waals surface area contributed by atoms with Crippen LogP contribution in [0.1, 0.15) is 66.2 Å². The Hall–Kier alpha value is 0.137. The fraction of sp³-hybridized carbons (Fsp3) is 1.00. The molecule has 0 bridgehead atoms. The first-order valence-corrected chi connectivity index (χ1v) is 11.0. The normalized spacial score (nSPS) is 23.7. The van der Waals surface area contributed by atoms with Gasteiger partial charge in [-0.2, -0.15) is 0 Å². The monoisotopic (exact) mass is 286 g/mol. The summed E-state index contributed by atoms with van der Waals surface area (Å²) in [5, 5.41) is 0.303. The Morgan fingerprint density at radius 1 is 1.00 bits per heavy atom. The molecule has 0 aromatic carbocycles. The van der Waals surface area contributed by atoms with E-state index < -0.39 is 8.32 Å². The third kappa shape index (κ3) is 5.97. The van der Waals surface area contributed by atoms with Gasteiger partial charge < -0.3 is 9.16 Å². The lowest BCUT2D eigenvalue weighted by molar-refractivity contribution is 0.241. The Labute approximate surface area is 121 Å². The zero-order valence-corrected chi connectivity index (χ0v) is 14.9. The van der Waals surface area contributed by atoms with Crippen LogP contribution in [0.5, 0.6) is 0 Å². The predicted octanol–water partition coefficient (Wildman–Crippen LogP) is 5.14. The molecule has 0 amide bonds. The van der Waals surface area contributed by atoms with Crippen LogP contribution in [0, 0.1) is 0 Å². The molecule has 3 heteroatoms. The van der Waals surface area contributed by atoms with Crippen molar-refractivity contribution < 1.29 is 9.16 Å². The van der Waals surface area contributed by atoms with Crippen LogP contribution >= 0.6 is 0 Å². The van der Waals surface area contributed by atoms with Crippen LogP contribution in [0.4, 0.5) is 0 Å². The lowest BCUT2D eigenvalue weighted by Gasteiger charge is -2.36. The van der Waals surface area contributed by atoms with Gasteiger partial charge in [-0.1, -0.05) is 59.8 Å². The molecule has 0 N–H and O–H groups in total. The molecule has 1 aliphatic rings. The summed E-state index contributed by atoms with van der Waals surface area (Å²) in [6.07, 6.45) is 8.88. The Kier molecular flexibility index (Phi) is 6.54. The number of epoxide rings is 1. The van der Waals surface area contributed by atoms with E-state index in [9.17, 15) is 0 Å². The van der Waals surface area contributed by atoms with E-state index in [1.54, 1.807) is 0 Å². The maximum absolute atomic E-state index is 6.21. The number of hydrogen-bond donors (Lipinski definition) is 0. The van der Waals surface area contributed by atoms with Crippen molar-refractivity contribution in [3.8, 4) is 0 Å². The molecule has 0 aromatic rings. The van der Waals surface area contributed by atoms with Crippen molar-refractivity contribution in [1.29, 1.82) is 0 Å². The van der Waals surface area contributed by atoms with E-state index >= 15 is 0 Å². The lowest BCUT2D eigenvalue weighted by Crippen LogP contribution is -2.41. The van der Waals surface area contributed by atoms with E-state index in [0.717, 1.165) is 6.61 Å². The highest BCUT2D eigenvalue weighted by Gasteiger charge is 2.42. The van der Waals surface area contributed by atoms with E-state index in [1.165, 1.54) is 38.5 Å². The van der Waals surface area contributed by atoms with Gasteiger partial charge in [-0.25, -0.2) is 0 Å². The van der Waals surface area contributed by atoms with Crippen molar-refractivity contribution in [2.75, 3.05) is 6.61 Å². The van der Waals surface area contributed by atoms with Crippen LogP contribution in [0.2, 0.25) is 18.1 Å². The predicted molar refractivity (Wildman–Crippen MR) is 85.2 cm³/mol. The minimum atomic E-state index is -1.59. The van der Waals surface area contributed by atoms with Gasteiger partial charge in [-0.15, -0.1) is 0 Å². The maximum atomic E-state index is 6.21. The Bertz CT molecular complexity index is 258. The van der Waals surface area contributed by atoms with Crippen molar-refractivity contribution in [3.05, 3.63) is 0 Å². The summed E-state index contributed by atoms with van der Waals surface area (Å²) in [6.45, 7) is 14.6. The van der Waals surface area contributed by atoms with E-state index in [0.29, 0.717) is 17.2 Å². The topological polar surface area (TPSA) is 21.8 Å². The van der Waals surface area contributed by atoms with Gasteiger partial charge in [0.1, 0.15) is 6.10 Å². The van der Waals surface area contributed by atoms with E-state index in [4.69, 9.17) is 9.16 Å². The van der Waals surface area contributed by atoms with Gasteiger partial charge in [0.25, 0.3) is 0 Å². The molecule has 19 heavy (non-hydrogen) atoms. The summed E-state index contributed by atoms with van der Waals surface area (Å²) < 4.78 is 11.9. The van der Waals surface area contributed by atoms with Crippen molar-refractivity contribution in [3.63, 3.8) is 0 Å². The molecule has 0 aromatic heterocycles. The minimum absolute atomic E-state index is 0.303. The first kappa shape index (κ1) is 17.2. The molecular weight excluding hydrogens is 252 g/mol. The van der Waals surface area contributed by atoms with Gasteiger partial charge in [0.15, 0.2) is 8.32 Å². The quantitative estimate of drug-likeness (QED) is 0.333.